The first-order valence-corrected chi connectivity index (χ1v) is 17.1. The Labute approximate surface area is 292 Å². The molecule has 0 bridgehead atoms. The summed E-state index contributed by atoms with van der Waals surface area (Å²) in [4.78, 5) is 2.44. The Morgan fingerprint density at radius 2 is 0.760 bits per heavy atom. The van der Waals surface area contributed by atoms with E-state index in [9.17, 15) is 0 Å². The molecule has 0 saturated heterocycles. The lowest BCUT2D eigenvalue weighted by atomic mass is 9.98. The Morgan fingerprint density at radius 3 is 1.32 bits per heavy atom. The maximum Gasteiger partial charge on any atom is 0.0562 e. The lowest BCUT2D eigenvalue weighted by molar-refractivity contribution is 1.18. The lowest BCUT2D eigenvalue weighted by Gasteiger charge is -2.27. The van der Waals surface area contributed by atoms with E-state index in [0.717, 1.165) is 28.3 Å². The van der Waals surface area contributed by atoms with Gasteiger partial charge in [0.25, 0.3) is 0 Å². The van der Waals surface area contributed by atoms with E-state index in [-0.39, 0.29) is 0 Å². The average Bonchev–Trinajstić information content (AvgIpc) is 3.55. The van der Waals surface area contributed by atoms with Crippen LogP contribution in [0.5, 0.6) is 0 Å². The highest BCUT2D eigenvalue weighted by molar-refractivity contribution is 6.21. The van der Waals surface area contributed by atoms with Crippen molar-refractivity contribution in [3.8, 4) is 39.1 Å². The molecule has 50 heavy (non-hydrogen) atoms. The number of anilines is 3. The second kappa shape index (κ2) is 12.8. The summed E-state index contributed by atoms with van der Waals surface area (Å²) in [6.07, 6.45) is 0. The van der Waals surface area contributed by atoms with Gasteiger partial charge in [0, 0.05) is 27.8 Å². The predicted molar refractivity (Wildman–Crippen MR) is 212 cm³/mol. The summed E-state index contributed by atoms with van der Waals surface area (Å²) >= 11 is 0. The van der Waals surface area contributed by atoms with Gasteiger partial charge in [-0.15, -0.1) is 0 Å². The zero-order chi connectivity index (χ0) is 33.3. The fourth-order valence-corrected chi connectivity index (χ4v) is 7.33. The van der Waals surface area contributed by atoms with Crippen molar-refractivity contribution in [1.29, 1.82) is 0 Å². The molecule has 0 N–H and O–H groups in total. The average molecular weight is 639 g/mol. The number of rotatable bonds is 7. The third-order valence-corrected chi connectivity index (χ3v) is 9.56. The fourth-order valence-electron chi connectivity index (χ4n) is 7.33. The molecule has 0 atom stereocenters. The Kier molecular flexibility index (Phi) is 7.53. The topological polar surface area (TPSA) is 8.17 Å². The Balaban J connectivity index is 1.38. The highest BCUT2D eigenvalue weighted by Crippen LogP contribution is 2.47. The zero-order valence-corrected chi connectivity index (χ0v) is 27.5. The molecule has 2 nitrogen and oxygen atoms in total. The van der Waals surface area contributed by atoms with Crippen LogP contribution in [0.3, 0.4) is 0 Å². The summed E-state index contributed by atoms with van der Waals surface area (Å²) < 4.78 is 2.42. The molecule has 0 unspecified atom stereocenters. The van der Waals surface area contributed by atoms with Crippen molar-refractivity contribution in [2.24, 2.45) is 0 Å². The molecule has 0 aliphatic carbocycles. The van der Waals surface area contributed by atoms with Crippen LogP contribution in [-0.2, 0) is 0 Å². The van der Waals surface area contributed by atoms with E-state index in [2.05, 4.69) is 216 Å². The van der Waals surface area contributed by atoms with Crippen molar-refractivity contribution in [2.45, 2.75) is 0 Å². The smallest absolute Gasteiger partial charge is 0.0562 e. The summed E-state index contributed by atoms with van der Waals surface area (Å²) in [6.45, 7) is 0. The number of hydrogen-bond donors (Lipinski definition) is 0. The molecule has 1 heterocycles. The predicted octanol–water partition coefficient (Wildman–Crippen LogP) is 13.3. The van der Waals surface area contributed by atoms with Crippen LogP contribution in [0.1, 0.15) is 0 Å². The van der Waals surface area contributed by atoms with Gasteiger partial charge in [-0.3, -0.25) is 0 Å². The molecule has 0 spiro atoms. The number of para-hydroxylation sites is 1. The largest absolute Gasteiger partial charge is 0.310 e. The quantitative estimate of drug-likeness (QED) is 0.169. The van der Waals surface area contributed by atoms with Gasteiger partial charge < -0.3 is 9.47 Å². The molecule has 8 aromatic carbocycles. The molecular weight excluding hydrogens is 605 g/mol. The fraction of sp³-hybridized carbons (Fsp3) is 0. The van der Waals surface area contributed by atoms with Crippen molar-refractivity contribution < 1.29 is 0 Å². The van der Waals surface area contributed by atoms with Crippen molar-refractivity contribution in [3.05, 3.63) is 206 Å². The standard InChI is InChI=1S/C48H34N2/c1-5-17-35(18-6-1)38-23-13-27-41(33-38)49(42-28-14-24-39(34-42)36-19-7-2-8-20-36)45-31-16-32-46-48(45)47-43(37-21-9-3-10-22-37)29-15-30-44(47)50(46)40-25-11-4-12-26-40/h1-34H. The number of fused-ring (bicyclic) bond motifs is 3. The summed E-state index contributed by atoms with van der Waals surface area (Å²) in [6, 6.07) is 74.1. The molecule has 1 aromatic heterocycles. The Morgan fingerprint density at radius 1 is 0.320 bits per heavy atom. The maximum atomic E-state index is 2.44. The van der Waals surface area contributed by atoms with Gasteiger partial charge in [0.2, 0.25) is 0 Å². The maximum absolute atomic E-state index is 2.44. The highest BCUT2D eigenvalue weighted by Gasteiger charge is 2.23. The van der Waals surface area contributed by atoms with Crippen LogP contribution in [0.2, 0.25) is 0 Å². The van der Waals surface area contributed by atoms with E-state index < -0.39 is 0 Å². The summed E-state index contributed by atoms with van der Waals surface area (Å²) in [5, 5.41) is 2.44. The third kappa shape index (κ3) is 5.24. The molecule has 0 aliphatic heterocycles. The second-order valence-corrected chi connectivity index (χ2v) is 12.6. The highest BCUT2D eigenvalue weighted by atomic mass is 15.1. The molecule has 0 amide bonds. The molecule has 2 heteroatoms. The van der Waals surface area contributed by atoms with Crippen LogP contribution < -0.4 is 4.90 Å². The number of aromatic nitrogens is 1. The Hall–Kier alpha value is -6.64. The molecular formula is C48H34N2. The Bertz CT molecular complexity index is 2490. The summed E-state index contributed by atoms with van der Waals surface area (Å²) in [5.41, 5.74) is 14.0. The van der Waals surface area contributed by atoms with Gasteiger partial charge in [-0.25, -0.2) is 0 Å². The molecule has 0 fully saturated rings. The van der Waals surface area contributed by atoms with E-state index in [0.29, 0.717) is 0 Å². The number of nitrogens with zero attached hydrogens (tertiary/aromatic N) is 2. The van der Waals surface area contributed by atoms with Crippen molar-refractivity contribution >= 4 is 38.9 Å². The van der Waals surface area contributed by atoms with Crippen LogP contribution in [0.4, 0.5) is 17.1 Å². The first-order chi connectivity index (χ1) is 24.8. The summed E-state index contributed by atoms with van der Waals surface area (Å²) in [7, 11) is 0. The van der Waals surface area contributed by atoms with E-state index in [4.69, 9.17) is 0 Å². The monoisotopic (exact) mass is 638 g/mol. The van der Waals surface area contributed by atoms with Gasteiger partial charge in [-0.05, 0) is 88.0 Å². The van der Waals surface area contributed by atoms with Gasteiger partial charge in [0.05, 0.1) is 16.7 Å². The summed E-state index contributed by atoms with van der Waals surface area (Å²) in [5.74, 6) is 0. The minimum atomic E-state index is 1.10. The minimum Gasteiger partial charge on any atom is -0.310 e. The molecule has 9 rings (SSSR count). The van der Waals surface area contributed by atoms with Gasteiger partial charge in [0.1, 0.15) is 0 Å². The van der Waals surface area contributed by atoms with Crippen LogP contribution >= 0.6 is 0 Å². The van der Waals surface area contributed by atoms with Crippen LogP contribution in [0.15, 0.2) is 206 Å². The first kappa shape index (κ1) is 29.5. The zero-order valence-electron chi connectivity index (χ0n) is 27.5. The van der Waals surface area contributed by atoms with Gasteiger partial charge in [-0.2, -0.15) is 0 Å². The van der Waals surface area contributed by atoms with Crippen LogP contribution in [0.25, 0.3) is 60.9 Å². The first-order valence-electron chi connectivity index (χ1n) is 17.1. The SMILES string of the molecule is c1ccc(-c2cccc(N(c3cccc(-c4ccccc4)c3)c3cccc4c3c3c(-c5ccccc5)cccc3n4-c3ccccc3)c2)cc1. The van der Waals surface area contributed by atoms with Crippen LogP contribution in [-0.4, -0.2) is 4.57 Å². The third-order valence-electron chi connectivity index (χ3n) is 9.56. The number of hydrogen-bond acceptors (Lipinski definition) is 1. The van der Waals surface area contributed by atoms with Crippen molar-refractivity contribution in [2.75, 3.05) is 4.90 Å². The van der Waals surface area contributed by atoms with Gasteiger partial charge in [0.15, 0.2) is 0 Å². The van der Waals surface area contributed by atoms with Crippen molar-refractivity contribution in [1.82, 2.24) is 4.57 Å². The molecule has 9 aromatic rings. The second-order valence-electron chi connectivity index (χ2n) is 12.6. The molecule has 236 valence electrons. The molecule has 0 saturated carbocycles. The van der Waals surface area contributed by atoms with E-state index >= 15 is 0 Å². The minimum absolute atomic E-state index is 1.10. The van der Waals surface area contributed by atoms with Gasteiger partial charge in [-0.1, -0.05) is 152 Å². The van der Waals surface area contributed by atoms with E-state index in [1.54, 1.807) is 0 Å². The normalized spacial score (nSPS) is 11.2. The van der Waals surface area contributed by atoms with E-state index in [1.807, 2.05) is 0 Å². The lowest BCUT2D eigenvalue weighted by Crippen LogP contribution is -2.10. The van der Waals surface area contributed by atoms with E-state index in [1.165, 1.54) is 49.7 Å². The molecule has 0 radical (unpaired) electrons. The van der Waals surface area contributed by atoms with Gasteiger partial charge >= 0.3 is 0 Å². The van der Waals surface area contributed by atoms with Crippen LogP contribution in [0, 0.1) is 0 Å². The van der Waals surface area contributed by atoms with Crippen molar-refractivity contribution in [3.63, 3.8) is 0 Å². The number of benzene rings is 8. The molecule has 0 aliphatic rings.